The van der Waals surface area contributed by atoms with Crippen molar-refractivity contribution < 1.29 is 84.0 Å². The summed E-state index contributed by atoms with van der Waals surface area (Å²) in [4.78, 5) is 22.2. The Kier molecular flexibility index (Phi) is 9.08. The summed E-state index contributed by atoms with van der Waals surface area (Å²) in [6.07, 6.45) is -10.5. The average molecular weight is 401 g/mol. The second-order valence-corrected chi connectivity index (χ2v) is 5.85. The number of carboxylic acids is 1. The van der Waals surface area contributed by atoms with Gasteiger partial charge in [0.15, 0.2) is 6.29 Å². The molecule has 0 aromatic carbocycles. The summed E-state index contributed by atoms with van der Waals surface area (Å²) in [6, 6.07) is -1.34. The Hall–Kier alpha value is -0.800. The third-order valence-electron chi connectivity index (χ3n) is 3.93. The molecule has 8 unspecified atom stereocenters. The first-order valence-corrected chi connectivity index (χ1v) is 7.66. The van der Waals surface area contributed by atoms with E-state index < -0.39 is 73.4 Å². The third kappa shape index (κ3) is 5.60. The Morgan fingerprint density at radius 2 is 1.89 bits per heavy atom. The molecule has 2 aliphatic heterocycles. The Morgan fingerprint density at radius 3 is 2.41 bits per heavy atom. The minimum atomic E-state index is -1.77. The fraction of sp³-hybridized carbons (Fsp3) is 0.714. The van der Waals surface area contributed by atoms with E-state index >= 15 is 0 Å². The molecule has 2 rings (SSSR count). The van der Waals surface area contributed by atoms with Crippen LogP contribution in [0.5, 0.6) is 0 Å². The number of rotatable bonds is 5. The maximum atomic E-state index is 11.3. The van der Waals surface area contributed by atoms with Gasteiger partial charge in [0.1, 0.15) is 48.3 Å². The molecule has 2 aliphatic rings. The van der Waals surface area contributed by atoms with Gasteiger partial charge in [-0.2, -0.15) is 0 Å². The SMILES string of the molecule is CC(=O)NC1C(O)OC(CO)C(O)C1OC1OC(C(=O)[O-])=CC(O)C1O.[Na+]. The molecule has 6 N–H and O–H groups in total. The van der Waals surface area contributed by atoms with Crippen molar-refractivity contribution in [1.29, 1.82) is 0 Å². The fourth-order valence-electron chi connectivity index (χ4n) is 2.66. The van der Waals surface area contributed by atoms with Gasteiger partial charge in [-0.3, -0.25) is 4.79 Å². The average Bonchev–Trinajstić information content (AvgIpc) is 2.56. The largest absolute Gasteiger partial charge is 1.00 e. The van der Waals surface area contributed by atoms with Gasteiger partial charge >= 0.3 is 29.6 Å². The Balaban J connectivity index is 0.00000364. The van der Waals surface area contributed by atoms with Crippen LogP contribution in [0.15, 0.2) is 11.8 Å². The van der Waals surface area contributed by atoms with Gasteiger partial charge in [0.05, 0.1) is 6.61 Å². The number of aliphatic carboxylic acids is 1. The number of aliphatic hydroxyl groups excluding tert-OH is 5. The first kappa shape index (κ1) is 24.2. The normalized spacial score (nSPS) is 38.8. The first-order valence-electron chi connectivity index (χ1n) is 7.66. The van der Waals surface area contributed by atoms with Gasteiger partial charge in [-0.1, -0.05) is 0 Å². The van der Waals surface area contributed by atoms with Gasteiger partial charge in [-0.15, -0.1) is 0 Å². The molecular formula is C14H20NNaO11. The molecule has 0 aromatic rings. The van der Waals surface area contributed by atoms with Crippen LogP contribution in [0.25, 0.3) is 0 Å². The van der Waals surface area contributed by atoms with Gasteiger partial charge in [0.25, 0.3) is 0 Å². The van der Waals surface area contributed by atoms with Crippen molar-refractivity contribution in [3.63, 3.8) is 0 Å². The van der Waals surface area contributed by atoms with Crippen LogP contribution in [-0.4, -0.2) is 93.2 Å². The Labute approximate surface area is 175 Å². The van der Waals surface area contributed by atoms with Crippen LogP contribution in [0.4, 0.5) is 0 Å². The molecule has 13 heteroatoms. The van der Waals surface area contributed by atoms with Crippen LogP contribution in [-0.2, 0) is 23.8 Å². The van der Waals surface area contributed by atoms with Crippen molar-refractivity contribution in [3.8, 4) is 0 Å². The van der Waals surface area contributed by atoms with Crippen LogP contribution in [0, 0.1) is 0 Å². The van der Waals surface area contributed by atoms with E-state index in [2.05, 4.69) is 5.32 Å². The van der Waals surface area contributed by atoms with Gasteiger partial charge in [0.2, 0.25) is 12.2 Å². The quantitative estimate of drug-likeness (QED) is 0.239. The van der Waals surface area contributed by atoms with Gasteiger partial charge in [-0.25, -0.2) is 0 Å². The summed E-state index contributed by atoms with van der Waals surface area (Å²) < 4.78 is 15.2. The van der Waals surface area contributed by atoms with Crippen molar-refractivity contribution >= 4 is 11.9 Å². The second kappa shape index (κ2) is 10.1. The molecule has 1 fully saturated rings. The predicted molar refractivity (Wildman–Crippen MR) is 76.4 cm³/mol. The molecule has 0 aromatic heterocycles. The maximum Gasteiger partial charge on any atom is 1.00 e. The first-order chi connectivity index (χ1) is 12.1. The number of hydrogen-bond donors (Lipinski definition) is 6. The van der Waals surface area contributed by atoms with Crippen molar-refractivity contribution in [2.24, 2.45) is 0 Å². The molecule has 1 amide bonds. The summed E-state index contributed by atoms with van der Waals surface area (Å²) in [6.45, 7) is 0.423. The number of amides is 1. The number of carboxylic acid groups (broad SMARTS) is 1. The second-order valence-electron chi connectivity index (χ2n) is 5.85. The van der Waals surface area contributed by atoms with Crippen molar-refractivity contribution in [2.45, 2.75) is 56.1 Å². The van der Waals surface area contributed by atoms with Crippen LogP contribution in [0.3, 0.4) is 0 Å². The zero-order valence-electron chi connectivity index (χ0n) is 14.6. The summed E-state index contributed by atoms with van der Waals surface area (Å²) in [5.41, 5.74) is 0. The number of aliphatic hydroxyl groups is 5. The van der Waals surface area contributed by atoms with E-state index in [1.54, 1.807) is 0 Å². The van der Waals surface area contributed by atoms with Crippen LogP contribution >= 0.6 is 0 Å². The smallest absolute Gasteiger partial charge is 0.542 e. The Morgan fingerprint density at radius 1 is 1.26 bits per heavy atom. The van der Waals surface area contributed by atoms with E-state index in [4.69, 9.17) is 14.2 Å². The molecule has 0 aliphatic carbocycles. The molecule has 27 heavy (non-hydrogen) atoms. The molecule has 0 spiro atoms. The molecule has 148 valence electrons. The van der Waals surface area contributed by atoms with Gasteiger partial charge in [0, 0.05) is 6.92 Å². The molecule has 12 nitrogen and oxygen atoms in total. The zero-order chi connectivity index (χ0) is 19.6. The molecule has 0 bridgehead atoms. The summed E-state index contributed by atoms with van der Waals surface area (Å²) in [7, 11) is 0. The molecular weight excluding hydrogens is 381 g/mol. The van der Waals surface area contributed by atoms with Crippen LogP contribution in [0.2, 0.25) is 0 Å². The molecule has 1 saturated heterocycles. The van der Waals surface area contributed by atoms with E-state index in [9.17, 15) is 40.2 Å². The Bertz CT molecular complexity index is 573. The van der Waals surface area contributed by atoms with Crippen LogP contribution in [0.1, 0.15) is 6.92 Å². The standard InChI is InChI=1S/C14H21NO11.Na/c1-4(17)15-8-11(10(20)7(3-16)24-13(8)23)26-14-9(19)5(18)2-6(25-14)12(21)22;/h2,5,7-11,13-14,16,18-20,23H,3H2,1H3,(H,15,17)(H,21,22);/q;+1/p-1. The molecule has 0 radical (unpaired) electrons. The fourth-order valence-corrected chi connectivity index (χ4v) is 2.66. The summed E-state index contributed by atoms with van der Waals surface area (Å²) in [5.74, 6) is -3.19. The van der Waals surface area contributed by atoms with Crippen molar-refractivity contribution in [3.05, 3.63) is 11.8 Å². The monoisotopic (exact) mass is 401 g/mol. The van der Waals surface area contributed by atoms with E-state index in [0.29, 0.717) is 6.08 Å². The van der Waals surface area contributed by atoms with E-state index in [1.807, 2.05) is 0 Å². The predicted octanol–water partition coefficient (Wildman–Crippen LogP) is -8.34. The van der Waals surface area contributed by atoms with Gasteiger partial charge < -0.3 is 55.0 Å². The number of carbonyl (C=O) groups excluding carboxylic acids is 2. The minimum Gasteiger partial charge on any atom is -0.542 e. The van der Waals surface area contributed by atoms with Crippen LogP contribution < -0.4 is 40.0 Å². The minimum absolute atomic E-state index is 0. The molecule has 8 atom stereocenters. The maximum absolute atomic E-state index is 11.3. The number of nitrogens with one attached hydrogen (secondary N) is 1. The zero-order valence-corrected chi connectivity index (χ0v) is 16.6. The van der Waals surface area contributed by atoms with Gasteiger partial charge in [-0.05, 0) is 6.08 Å². The number of hydrogen-bond acceptors (Lipinski definition) is 11. The molecule has 0 saturated carbocycles. The van der Waals surface area contributed by atoms with Crippen molar-refractivity contribution in [2.75, 3.05) is 6.61 Å². The van der Waals surface area contributed by atoms with Crippen molar-refractivity contribution in [1.82, 2.24) is 5.32 Å². The van der Waals surface area contributed by atoms with E-state index in [0.717, 1.165) is 6.92 Å². The van der Waals surface area contributed by atoms with E-state index in [-0.39, 0.29) is 29.6 Å². The van der Waals surface area contributed by atoms with E-state index in [1.165, 1.54) is 0 Å². The molecule has 2 heterocycles. The third-order valence-corrected chi connectivity index (χ3v) is 3.93. The number of carbonyl (C=O) groups is 2. The summed E-state index contributed by atoms with van der Waals surface area (Å²) in [5, 5.41) is 62.3. The topological polar surface area (TPSA) is 198 Å². The number of ether oxygens (including phenoxy) is 3. The summed E-state index contributed by atoms with van der Waals surface area (Å²) >= 11 is 0.